The zero-order chi connectivity index (χ0) is 18.1. The van der Waals surface area contributed by atoms with E-state index in [1.54, 1.807) is 31.4 Å². The Morgan fingerprint density at radius 1 is 1.12 bits per heavy atom. The molecule has 0 spiro atoms. The number of rotatable bonds is 7. The van der Waals surface area contributed by atoms with Gasteiger partial charge in [-0.2, -0.15) is 0 Å². The lowest BCUT2D eigenvalue weighted by atomic mass is 10.2. The maximum Gasteiger partial charge on any atom is 0.331 e. The summed E-state index contributed by atoms with van der Waals surface area (Å²) >= 11 is 0. The van der Waals surface area contributed by atoms with Crippen LogP contribution in [0.15, 0.2) is 54.6 Å². The van der Waals surface area contributed by atoms with Gasteiger partial charge in [0.2, 0.25) is 0 Å². The molecule has 0 aliphatic carbocycles. The summed E-state index contributed by atoms with van der Waals surface area (Å²) < 4.78 is 23.2. The van der Waals surface area contributed by atoms with Gasteiger partial charge in [0.1, 0.15) is 11.6 Å². The molecule has 130 valence electrons. The third-order valence-electron chi connectivity index (χ3n) is 3.30. The van der Waals surface area contributed by atoms with Crippen molar-refractivity contribution in [2.24, 2.45) is 0 Å². The van der Waals surface area contributed by atoms with Crippen LogP contribution >= 0.6 is 0 Å². The highest BCUT2D eigenvalue weighted by Gasteiger charge is 2.05. The van der Waals surface area contributed by atoms with E-state index >= 15 is 0 Å². The standard InChI is InChI=1S/C19H18FNO4/c1-24-16-9-6-14(7-10-16)12-21-18(22)13-25-19(23)11-8-15-4-2-3-5-17(15)20/h2-11H,12-13H2,1H3,(H,21,22)/b11-8+. The molecule has 0 aromatic heterocycles. The molecule has 6 heteroatoms. The zero-order valence-electron chi connectivity index (χ0n) is 13.7. The Bertz CT molecular complexity index is 756. The number of methoxy groups -OCH3 is 1. The Hall–Kier alpha value is -3.15. The van der Waals surface area contributed by atoms with E-state index in [4.69, 9.17) is 9.47 Å². The van der Waals surface area contributed by atoms with Crippen molar-refractivity contribution in [2.75, 3.05) is 13.7 Å². The Morgan fingerprint density at radius 3 is 2.52 bits per heavy atom. The van der Waals surface area contributed by atoms with Crippen LogP contribution in [0.25, 0.3) is 6.08 Å². The van der Waals surface area contributed by atoms with Gasteiger partial charge in [0.15, 0.2) is 6.61 Å². The smallest absolute Gasteiger partial charge is 0.331 e. The maximum absolute atomic E-state index is 13.4. The van der Waals surface area contributed by atoms with Crippen molar-refractivity contribution < 1.29 is 23.5 Å². The molecule has 0 fully saturated rings. The molecule has 2 aromatic rings. The predicted octanol–water partition coefficient (Wildman–Crippen LogP) is 2.71. The summed E-state index contributed by atoms with van der Waals surface area (Å²) in [6.45, 7) is -0.0952. The molecule has 0 aliphatic rings. The van der Waals surface area contributed by atoms with Crippen molar-refractivity contribution in [2.45, 2.75) is 6.54 Å². The number of hydrogen-bond acceptors (Lipinski definition) is 4. The highest BCUT2D eigenvalue weighted by molar-refractivity contribution is 5.89. The van der Waals surface area contributed by atoms with Crippen LogP contribution in [0.5, 0.6) is 5.75 Å². The fraction of sp³-hybridized carbons (Fsp3) is 0.158. The summed E-state index contributed by atoms with van der Waals surface area (Å²) in [5.41, 5.74) is 1.16. The summed E-state index contributed by atoms with van der Waals surface area (Å²) in [6, 6.07) is 13.2. The quantitative estimate of drug-likeness (QED) is 0.620. The molecular weight excluding hydrogens is 325 g/mol. The molecule has 0 bridgehead atoms. The number of amides is 1. The van der Waals surface area contributed by atoms with Crippen LogP contribution in [0.2, 0.25) is 0 Å². The predicted molar refractivity (Wildman–Crippen MR) is 91.2 cm³/mol. The number of esters is 1. The number of ether oxygens (including phenoxy) is 2. The lowest BCUT2D eigenvalue weighted by Crippen LogP contribution is -2.28. The summed E-state index contributed by atoms with van der Waals surface area (Å²) in [5, 5.41) is 2.63. The van der Waals surface area contributed by atoms with Gasteiger partial charge in [0.05, 0.1) is 7.11 Å². The van der Waals surface area contributed by atoms with E-state index in [9.17, 15) is 14.0 Å². The summed E-state index contributed by atoms with van der Waals surface area (Å²) in [4.78, 5) is 23.2. The van der Waals surface area contributed by atoms with Gasteiger partial charge in [-0.05, 0) is 29.8 Å². The molecule has 0 atom stereocenters. The number of carbonyl (C=O) groups is 2. The molecule has 1 N–H and O–H groups in total. The Morgan fingerprint density at radius 2 is 1.84 bits per heavy atom. The Balaban J connectivity index is 1.73. The fourth-order valence-electron chi connectivity index (χ4n) is 1.95. The molecule has 0 heterocycles. The van der Waals surface area contributed by atoms with Crippen LogP contribution < -0.4 is 10.1 Å². The van der Waals surface area contributed by atoms with Crippen LogP contribution in [0.3, 0.4) is 0 Å². The van der Waals surface area contributed by atoms with Crippen LogP contribution in [-0.4, -0.2) is 25.6 Å². The van der Waals surface area contributed by atoms with Gasteiger partial charge in [-0.3, -0.25) is 4.79 Å². The molecule has 2 aromatic carbocycles. The fourth-order valence-corrected chi connectivity index (χ4v) is 1.95. The first kappa shape index (κ1) is 18.2. The first-order chi connectivity index (χ1) is 12.1. The highest BCUT2D eigenvalue weighted by Crippen LogP contribution is 2.11. The highest BCUT2D eigenvalue weighted by atomic mass is 19.1. The minimum atomic E-state index is -0.720. The van der Waals surface area contributed by atoms with E-state index in [1.165, 1.54) is 18.2 Å². The molecule has 0 saturated carbocycles. The molecule has 2 rings (SSSR count). The molecule has 0 radical (unpaired) electrons. The second-order valence-electron chi connectivity index (χ2n) is 5.09. The van der Waals surface area contributed by atoms with E-state index in [0.29, 0.717) is 6.54 Å². The van der Waals surface area contributed by atoms with E-state index in [2.05, 4.69) is 5.32 Å². The SMILES string of the molecule is COc1ccc(CNC(=O)COC(=O)/C=C/c2ccccc2F)cc1. The third-order valence-corrected chi connectivity index (χ3v) is 3.30. The number of benzene rings is 2. The lowest BCUT2D eigenvalue weighted by Gasteiger charge is -2.06. The van der Waals surface area contributed by atoms with Crippen molar-refractivity contribution in [1.29, 1.82) is 0 Å². The van der Waals surface area contributed by atoms with Crippen LogP contribution in [0, 0.1) is 5.82 Å². The van der Waals surface area contributed by atoms with E-state index in [0.717, 1.165) is 17.4 Å². The Labute approximate surface area is 145 Å². The molecule has 0 saturated heterocycles. The second-order valence-corrected chi connectivity index (χ2v) is 5.09. The summed E-state index contributed by atoms with van der Waals surface area (Å²) in [5.74, 6) is -0.860. The number of carbonyl (C=O) groups excluding carboxylic acids is 2. The molecule has 0 unspecified atom stereocenters. The summed E-state index contributed by atoms with van der Waals surface area (Å²) in [6.07, 6.45) is 2.38. The van der Waals surface area contributed by atoms with E-state index in [1.807, 2.05) is 12.1 Å². The number of nitrogens with one attached hydrogen (secondary N) is 1. The van der Waals surface area contributed by atoms with Crippen molar-refractivity contribution in [3.8, 4) is 5.75 Å². The van der Waals surface area contributed by atoms with Gasteiger partial charge >= 0.3 is 5.97 Å². The van der Waals surface area contributed by atoms with Gasteiger partial charge in [-0.15, -0.1) is 0 Å². The third kappa shape index (κ3) is 6.10. The van der Waals surface area contributed by atoms with E-state index < -0.39 is 24.3 Å². The van der Waals surface area contributed by atoms with Crippen LogP contribution in [-0.2, 0) is 20.9 Å². The number of hydrogen-bond donors (Lipinski definition) is 1. The zero-order valence-corrected chi connectivity index (χ0v) is 13.7. The van der Waals surface area contributed by atoms with Crippen molar-refractivity contribution in [1.82, 2.24) is 5.32 Å². The van der Waals surface area contributed by atoms with Crippen molar-refractivity contribution in [3.05, 3.63) is 71.6 Å². The Kier molecular flexibility index (Phi) is 6.71. The largest absolute Gasteiger partial charge is 0.497 e. The summed E-state index contributed by atoms with van der Waals surface area (Å²) in [7, 11) is 1.58. The van der Waals surface area contributed by atoms with E-state index in [-0.39, 0.29) is 5.56 Å². The maximum atomic E-state index is 13.4. The van der Waals surface area contributed by atoms with Gasteiger partial charge in [-0.25, -0.2) is 9.18 Å². The first-order valence-electron chi connectivity index (χ1n) is 7.57. The number of halogens is 1. The van der Waals surface area contributed by atoms with Crippen LogP contribution in [0.1, 0.15) is 11.1 Å². The van der Waals surface area contributed by atoms with Gasteiger partial charge in [0.25, 0.3) is 5.91 Å². The molecule has 25 heavy (non-hydrogen) atoms. The first-order valence-corrected chi connectivity index (χ1v) is 7.57. The molecule has 0 aliphatic heterocycles. The van der Waals surface area contributed by atoms with Gasteiger partial charge in [0, 0.05) is 18.2 Å². The van der Waals surface area contributed by atoms with Crippen molar-refractivity contribution in [3.63, 3.8) is 0 Å². The normalized spacial score (nSPS) is 10.5. The molecule has 1 amide bonds. The van der Waals surface area contributed by atoms with Crippen LogP contribution in [0.4, 0.5) is 4.39 Å². The topological polar surface area (TPSA) is 64.6 Å². The van der Waals surface area contributed by atoms with Crippen molar-refractivity contribution >= 4 is 18.0 Å². The van der Waals surface area contributed by atoms with Gasteiger partial charge in [-0.1, -0.05) is 30.3 Å². The minimum Gasteiger partial charge on any atom is -0.497 e. The second kappa shape index (κ2) is 9.22. The van der Waals surface area contributed by atoms with Gasteiger partial charge < -0.3 is 14.8 Å². The molecule has 5 nitrogen and oxygen atoms in total. The average Bonchev–Trinajstić information content (AvgIpc) is 2.64. The minimum absolute atomic E-state index is 0.267. The molecular formula is C19H18FNO4. The monoisotopic (exact) mass is 343 g/mol. The average molecular weight is 343 g/mol. The lowest BCUT2D eigenvalue weighted by molar-refractivity contribution is -0.143.